The summed E-state index contributed by atoms with van der Waals surface area (Å²) in [4.78, 5) is 38.1. The molecule has 194 valence electrons. The SMILES string of the molecule is COc1cc(OC)cc(N2C(N)=C(c3nc4ccccc4[nH]3)C(=O)C2CCN(C)C(=O)c2ccccc2)c1. The second-order valence-electron chi connectivity index (χ2n) is 9.07. The van der Waals surface area contributed by atoms with E-state index in [4.69, 9.17) is 15.2 Å². The van der Waals surface area contributed by atoms with E-state index in [1.807, 2.05) is 42.5 Å². The van der Waals surface area contributed by atoms with Crippen molar-refractivity contribution in [1.82, 2.24) is 14.9 Å². The Kier molecular flexibility index (Phi) is 6.74. The van der Waals surface area contributed by atoms with Crippen LogP contribution in [0.15, 0.2) is 78.6 Å². The number of rotatable bonds is 8. The highest BCUT2D eigenvalue weighted by Gasteiger charge is 2.41. The van der Waals surface area contributed by atoms with Crippen molar-refractivity contribution < 1.29 is 19.1 Å². The van der Waals surface area contributed by atoms with Crippen molar-refractivity contribution in [3.8, 4) is 11.5 Å². The van der Waals surface area contributed by atoms with E-state index in [9.17, 15) is 9.59 Å². The van der Waals surface area contributed by atoms with Gasteiger partial charge in [-0.2, -0.15) is 0 Å². The fourth-order valence-electron chi connectivity index (χ4n) is 4.74. The third-order valence-electron chi connectivity index (χ3n) is 6.72. The number of imidazole rings is 1. The molecule has 38 heavy (non-hydrogen) atoms. The fraction of sp³-hybridized carbons (Fsp3) is 0.207. The van der Waals surface area contributed by atoms with Gasteiger partial charge in [0.15, 0.2) is 5.78 Å². The first-order chi connectivity index (χ1) is 18.4. The van der Waals surface area contributed by atoms with Crippen LogP contribution in [0.3, 0.4) is 0 Å². The summed E-state index contributed by atoms with van der Waals surface area (Å²) in [5, 5.41) is 0. The van der Waals surface area contributed by atoms with Crippen LogP contribution >= 0.6 is 0 Å². The summed E-state index contributed by atoms with van der Waals surface area (Å²) in [7, 11) is 4.85. The Labute approximate surface area is 220 Å². The maximum atomic E-state index is 13.9. The number of ether oxygens (including phenoxy) is 2. The monoisotopic (exact) mass is 511 g/mol. The summed E-state index contributed by atoms with van der Waals surface area (Å²) in [5.74, 6) is 1.50. The number of aromatic amines is 1. The quantitative estimate of drug-likeness (QED) is 0.370. The van der Waals surface area contributed by atoms with Crippen LogP contribution < -0.4 is 20.1 Å². The second kappa shape index (κ2) is 10.3. The number of carbonyl (C=O) groups is 2. The van der Waals surface area contributed by atoms with Crippen LogP contribution in [0.5, 0.6) is 11.5 Å². The predicted molar refractivity (Wildman–Crippen MR) is 146 cm³/mol. The predicted octanol–water partition coefficient (Wildman–Crippen LogP) is 3.83. The van der Waals surface area contributed by atoms with E-state index >= 15 is 0 Å². The van der Waals surface area contributed by atoms with E-state index in [-0.39, 0.29) is 17.5 Å². The number of fused-ring (bicyclic) bond motifs is 1. The molecular weight excluding hydrogens is 482 g/mol. The number of aromatic nitrogens is 2. The highest BCUT2D eigenvalue weighted by Crippen LogP contribution is 2.38. The van der Waals surface area contributed by atoms with Crippen molar-refractivity contribution in [2.75, 3.05) is 32.7 Å². The third-order valence-corrected chi connectivity index (χ3v) is 6.72. The van der Waals surface area contributed by atoms with Gasteiger partial charge in [-0.25, -0.2) is 4.98 Å². The van der Waals surface area contributed by atoms with Crippen LogP contribution in [0.25, 0.3) is 16.6 Å². The minimum atomic E-state index is -0.666. The Morgan fingerprint density at radius 1 is 1.03 bits per heavy atom. The number of methoxy groups -OCH3 is 2. The molecule has 1 atom stereocenters. The summed E-state index contributed by atoms with van der Waals surface area (Å²) >= 11 is 0. The number of nitrogens with two attached hydrogens (primary N) is 1. The molecule has 9 heteroatoms. The number of para-hydroxylation sites is 2. The lowest BCUT2D eigenvalue weighted by atomic mass is 10.0. The van der Waals surface area contributed by atoms with Crippen molar-refractivity contribution in [3.05, 3.63) is 90.0 Å². The molecule has 3 aromatic carbocycles. The number of H-pyrrole nitrogens is 1. The summed E-state index contributed by atoms with van der Waals surface area (Å²) in [6.07, 6.45) is 0.345. The molecular formula is C29H29N5O4. The number of nitrogens with zero attached hydrogens (tertiary/aromatic N) is 3. The zero-order valence-corrected chi connectivity index (χ0v) is 21.5. The minimum absolute atomic E-state index is 0.121. The molecule has 0 saturated carbocycles. The number of amides is 1. The zero-order valence-electron chi connectivity index (χ0n) is 21.5. The first-order valence-electron chi connectivity index (χ1n) is 12.2. The molecule has 2 heterocycles. The Bertz CT molecular complexity index is 1470. The largest absolute Gasteiger partial charge is 0.497 e. The number of Topliss-reactive ketones (excluding diaryl/α,β-unsaturated/α-hetero) is 1. The summed E-state index contributed by atoms with van der Waals surface area (Å²) in [6, 6.07) is 21.3. The van der Waals surface area contributed by atoms with Crippen LogP contribution in [-0.2, 0) is 4.79 Å². The number of anilines is 1. The Hall–Kier alpha value is -4.79. The molecule has 0 fully saturated rings. The van der Waals surface area contributed by atoms with E-state index in [2.05, 4.69) is 9.97 Å². The van der Waals surface area contributed by atoms with E-state index < -0.39 is 6.04 Å². The van der Waals surface area contributed by atoms with Gasteiger partial charge >= 0.3 is 0 Å². The molecule has 0 radical (unpaired) electrons. The van der Waals surface area contributed by atoms with Crippen LogP contribution in [0.1, 0.15) is 22.6 Å². The van der Waals surface area contributed by atoms with Gasteiger partial charge in [-0.3, -0.25) is 9.59 Å². The molecule has 0 spiro atoms. The van der Waals surface area contributed by atoms with E-state index in [1.165, 1.54) is 0 Å². The lowest BCUT2D eigenvalue weighted by Crippen LogP contribution is -2.40. The highest BCUT2D eigenvalue weighted by molar-refractivity contribution is 6.27. The molecule has 1 amide bonds. The molecule has 1 aliphatic rings. The summed E-state index contributed by atoms with van der Waals surface area (Å²) in [5.41, 5.74) is 9.77. The van der Waals surface area contributed by atoms with Gasteiger partial charge in [0.2, 0.25) is 0 Å². The number of nitrogens with one attached hydrogen (secondary N) is 1. The normalized spacial score (nSPS) is 15.3. The lowest BCUT2D eigenvalue weighted by Gasteiger charge is -2.29. The third kappa shape index (κ3) is 4.54. The van der Waals surface area contributed by atoms with E-state index in [0.29, 0.717) is 47.1 Å². The van der Waals surface area contributed by atoms with Crippen LogP contribution in [0.4, 0.5) is 5.69 Å². The van der Waals surface area contributed by atoms with Gasteiger partial charge in [0.05, 0.1) is 30.9 Å². The molecule has 9 nitrogen and oxygen atoms in total. The van der Waals surface area contributed by atoms with Crippen LogP contribution in [-0.4, -0.2) is 60.4 Å². The van der Waals surface area contributed by atoms with Crippen molar-refractivity contribution in [2.45, 2.75) is 12.5 Å². The first-order valence-corrected chi connectivity index (χ1v) is 12.2. The van der Waals surface area contributed by atoms with Gasteiger partial charge in [0, 0.05) is 37.4 Å². The lowest BCUT2D eigenvalue weighted by molar-refractivity contribution is -0.114. The zero-order chi connectivity index (χ0) is 26.8. The molecule has 1 unspecified atom stereocenters. The first kappa shape index (κ1) is 24.9. The Morgan fingerprint density at radius 2 is 1.68 bits per heavy atom. The average Bonchev–Trinajstić information content (AvgIpc) is 3.48. The number of hydrogen-bond acceptors (Lipinski definition) is 7. The molecule has 1 aromatic heterocycles. The molecule has 0 bridgehead atoms. The van der Waals surface area contributed by atoms with Crippen molar-refractivity contribution in [3.63, 3.8) is 0 Å². The van der Waals surface area contributed by atoms with Gasteiger partial charge in [0.25, 0.3) is 5.91 Å². The highest BCUT2D eigenvalue weighted by atomic mass is 16.5. The summed E-state index contributed by atoms with van der Waals surface area (Å²) < 4.78 is 10.9. The molecule has 1 aliphatic heterocycles. The van der Waals surface area contributed by atoms with Gasteiger partial charge < -0.3 is 30.0 Å². The number of carbonyl (C=O) groups excluding carboxylic acids is 2. The maximum absolute atomic E-state index is 13.9. The molecule has 5 rings (SSSR count). The van der Waals surface area contributed by atoms with Crippen molar-refractivity contribution >= 4 is 34.0 Å². The average molecular weight is 512 g/mol. The van der Waals surface area contributed by atoms with Gasteiger partial charge in [-0.1, -0.05) is 30.3 Å². The van der Waals surface area contributed by atoms with Gasteiger partial charge in [-0.15, -0.1) is 0 Å². The number of ketones is 1. The molecule has 3 N–H and O–H groups in total. The topological polar surface area (TPSA) is 114 Å². The van der Waals surface area contributed by atoms with E-state index in [1.54, 1.807) is 61.4 Å². The number of benzene rings is 3. The van der Waals surface area contributed by atoms with Gasteiger partial charge in [0.1, 0.15) is 34.8 Å². The standard InChI is InChI=1S/C29H29N5O4/c1-33(29(36)18-9-5-4-6-10-18)14-13-24-26(35)25(28-31-22-11-7-8-12-23(22)32-28)27(30)34(24)19-15-20(37-2)17-21(16-19)38-3/h4-12,15-17,24H,13-14,30H2,1-3H3,(H,31,32). The van der Waals surface area contributed by atoms with Crippen LogP contribution in [0.2, 0.25) is 0 Å². The molecule has 0 saturated heterocycles. The Morgan fingerprint density at radius 3 is 2.34 bits per heavy atom. The molecule has 0 aliphatic carbocycles. The maximum Gasteiger partial charge on any atom is 0.253 e. The van der Waals surface area contributed by atoms with Crippen LogP contribution in [0, 0.1) is 0 Å². The van der Waals surface area contributed by atoms with Crippen molar-refractivity contribution in [2.24, 2.45) is 5.73 Å². The van der Waals surface area contributed by atoms with Gasteiger partial charge in [-0.05, 0) is 30.7 Å². The van der Waals surface area contributed by atoms with Crippen molar-refractivity contribution in [1.29, 1.82) is 0 Å². The second-order valence-corrected chi connectivity index (χ2v) is 9.07. The smallest absolute Gasteiger partial charge is 0.253 e. The van der Waals surface area contributed by atoms with E-state index in [0.717, 1.165) is 11.0 Å². The fourth-order valence-corrected chi connectivity index (χ4v) is 4.74. The molecule has 4 aromatic rings. The summed E-state index contributed by atoms with van der Waals surface area (Å²) in [6.45, 7) is 0.336. The Balaban J connectivity index is 1.52. The number of hydrogen-bond donors (Lipinski definition) is 2. The minimum Gasteiger partial charge on any atom is -0.497 e.